The van der Waals surface area contributed by atoms with Crippen molar-refractivity contribution in [2.75, 3.05) is 7.05 Å². The second kappa shape index (κ2) is 9.14. The van der Waals surface area contributed by atoms with E-state index in [0.717, 1.165) is 24.6 Å². The fraction of sp³-hybridized carbons (Fsp3) is 0.435. The third kappa shape index (κ3) is 5.80. The van der Waals surface area contributed by atoms with Gasteiger partial charge in [-0.25, -0.2) is 0 Å². The predicted octanol–water partition coefficient (Wildman–Crippen LogP) is 4.43. The molecular weight excluding hydrogens is 396 g/mol. The Kier molecular flexibility index (Phi) is 7.27. The van der Waals surface area contributed by atoms with Crippen LogP contribution in [0.5, 0.6) is 0 Å². The fourth-order valence-electron chi connectivity index (χ4n) is 4.25. The van der Waals surface area contributed by atoms with Crippen LogP contribution in [0.3, 0.4) is 0 Å². The fourth-order valence-corrected chi connectivity index (χ4v) is 4.53. The predicted molar refractivity (Wildman–Crippen MR) is 128 cm³/mol. The summed E-state index contributed by atoms with van der Waals surface area (Å²) < 4.78 is 0. The third-order valence-electron chi connectivity index (χ3n) is 5.43. The molecule has 30 heavy (non-hydrogen) atoms. The van der Waals surface area contributed by atoms with Crippen molar-refractivity contribution >= 4 is 34.9 Å². The Labute approximate surface area is 184 Å². The molecule has 6 N–H and O–H groups in total. The lowest BCUT2D eigenvalue weighted by Gasteiger charge is -2.49. The highest BCUT2D eigenvalue weighted by Gasteiger charge is 2.39. The number of hydrogen-bond donors (Lipinski definition) is 5. The molecule has 1 aliphatic heterocycles. The van der Waals surface area contributed by atoms with Crippen molar-refractivity contribution in [3.8, 4) is 0 Å². The lowest BCUT2D eigenvalue weighted by molar-refractivity contribution is 0.114. The topological polar surface area (TPSA) is 113 Å². The van der Waals surface area contributed by atoms with E-state index in [9.17, 15) is 0 Å². The van der Waals surface area contributed by atoms with Gasteiger partial charge in [0, 0.05) is 47.7 Å². The SMILES string of the molecule is CN(C(=N)/C=C\C(=N)c1ccc(/C(C=N)=C/N)cc1Cl)C1CC(C)(C)NC(C)(C)C1. The van der Waals surface area contributed by atoms with Gasteiger partial charge in [-0.3, -0.25) is 5.41 Å². The zero-order valence-electron chi connectivity index (χ0n) is 18.4. The van der Waals surface area contributed by atoms with Gasteiger partial charge in [0.25, 0.3) is 0 Å². The first-order chi connectivity index (χ1) is 13.9. The average Bonchev–Trinajstić information content (AvgIpc) is 2.63. The third-order valence-corrected chi connectivity index (χ3v) is 5.74. The maximum atomic E-state index is 8.48. The first kappa shape index (κ1) is 23.8. The molecule has 0 atom stereocenters. The number of nitrogens with one attached hydrogen (secondary N) is 4. The van der Waals surface area contributed by atoms with E-state index in [0.29, 0.717) is 22.0 Å². The highest BCUT2D eigenvalue weighted by Crippen LogP contribution is 2.31. The van der Waals surface area contributed by atoms with Crippen LogP contribution < -0.4 is 11.1 Å². The maximum Gasteiger partial charge on any atom is 0.120 e. The van der Waals surface area contributed by atoms with Crippen LogP contribution in [-0.4, -0.2) is 46.8 Å². The highest BCUT2D eigenvalue weighted by atomic mass is 35.5. The van der Waals surface area contributed by atoms with Crippen LogP contribution in [0.1, 0.15) is 51.7 Å². The molecule has 0 bridgehead atoms. The summed E-state index contributed by atoms with van der Waals surface area (Å²) in [6, 6.07) is 5.46. The van der Waals surface area contributed by atoms with Crippen LogP contribution in [-0.2, 0) is 0 Å². The van der Waals surface area contributed by atoms with Gasteiger partial charge >= 0.3 is 0 Å². The molecule has 1 aliphatic rings. The molecule has 7 heteroatoms. The molecule has 1 fully saturated rings. The molecule has 0 saturated carbocycles. The van der Waals surface area contributed by atoms with E-state index in [-0.39, 0.29) is 22.8 Å². The smallest absolute Gasteiger partial charge is 0.120 e. The first-order valence-electron chi connectivity index (χ1n) is 9.99. The minimum Gasteiger partial charge on any atom is -0.404 e. The second-order valence-electron chi connectivity index (χ2n) is 9.16. The van der Waals surface area contributed by atoms with Crippen LogP contribution in [0, 0.1) is 16.2 Å². The average molecular weight is 429 g/mol. The van der Waals surface area contributed by atoms with Crippen molar-refractivity contribution in [2.24, 2.45) is 5.73 Å². The first-order valence-corrected chi connectivity index (χ1v) is 10.4. The number of amidine groups is 1. The molecule has 6 nitrogen and oxygen atoms in total. The Morgan fingerprint density at radius 2 is 1.77 bits per heavy atom. The highest BCUT2D eigenvalue weighted by molar-refractivity contribution is 6.35. The monoisotopic (exact) mass is 428 g/mol. The zero-order chi connectivity index (χ0) is 22.7. The van der Waals surface area contributed by atoms with Crippen LogP contribution in [0.25, 0.3) is 5.57 Å². The van der Waals surface area contributed by atoms with E-state index < -0.39 is 0 Å². The Balaban J connectivity index is 2.12. The van der Waals surface area contributed by atoms with Gasteiger partial charge in [-0.2, -0.15) is 0 Å². The minimum atomic E-state index is -0.0000427. The summed E-state index contributed by atoms with van der Waals surface area (Å²) in [5.74, 6) is 0.364. The summed E-state index contributed by atoms with van der Waals surface area (Å²) in [5, 5.41) is 28.3. The number of benzene rings is 1. The van der Waals surface area contributed by atoms with E-state index in [1.165, 1.54) is 6.20 Å². The largest absolute Gasteiger partial charge is 0.404 e. The van der Waals surface area contributed by atoms with Gasteiger partial charge in [-0.15, -0.1) is 0 Å². The Hall–Kier alpha value is -2.44. The number of hydrogen-bond acceptors (Lipinski definition) is 5. The molecule has 162 valence electrons. The van der Waals surface area contributed by atoms with Crippen molar-refractivity contribution in [1.29, 1.82) is 16.2 Å². The molecule has 1 saturated heterocycles. The number of nitrogens with two attached hydrogens (primary N) is 1. The van der Waals surface area contributed by atoms with Gasteiger partial charge in [0.05, 0.1) is 10.7 Å². The lowest BCUT2D eigenvalue weighted by atomic mass is 9.79. The van der Waals surface area contributed by atoms with E-state index in [2.05, 4.69) is 33.0 Å². The van der Waals surface area contributed by atoms with Gasteiger partial charge in [-0.1, -0.05) is 23.7 Å². The summed E-state index contributed by atoms with van der Waals surface area (Å²) in [7, 11) is 1.94. The van der Waals surface area contributed by atoms with E-state index in [1.807, 2.05) is 11.9 Å². The molecule has 1 aromatic carbocycles. The Morgan fingerprint density at radius 1 is 1.17 bits per heavy atom. The molecule has 2 rings (SSSR count). The van der Waals surface area contributed by atoms with Crippen LogP contribution in [0.15, 0.2) is 36.6 Å². The van der Waals surface area contributed by atoms with E-state index in [4.69, 9.17) is 33.6 Å². The minimum absolute atomic E-state index is 0.0000427. The van der Waals surface area contributed by atoms with Gasteiger partial charge in [0.1, 0.15) is 5.84 Å². The molecule has 0 unspecified atom stereocenters. The van der Waals surface area contributed by atoms with Crippen molar-refractivity contribution in [2.45, 2.75) is 57.7 Å². The molecule has 1 heterocycles. The van der Waals surface area contributed by atoms with Crippen LogP contribution >= 0.6 is 11.6 Å². The standard InChI is InChI=1S/C23H33ClN6/c1-22(2)11-17(12-23(3,4)29-22)30(5)21(28)9-8-20(27)18-7-6-15(10-19(18)24)16(13-25)14-26/h6-10,13-14,17,25,27-29H,11-12,26H2,1-5H3/b9-8-,16-14+,25-13?,27-20?,28-21?. The number of likely N-dealkylation sites (N-methyl/N-ethyl adjacent to an activating group) is 1. The zero-order valence-corrected chi connectivity index (χ0v) is 19.2. The summed E-state index contributed by atoms with van der Waals surface area (Å²) in [6.45, 7) is 8.78. The Morgan fingerprint density at radius 3 is 2.27 bits per heavy atom. The summed E-state index contributed by atoms with van der Waals surface area (Å²) >= 11 is 6.36. The summed E-state index contributed by atoms with van der Waals surface area (Å²) in [5.41, 5.74) is 7.60. The molecule has 0 amide bonds. The lowest BCUT2D eigenvalue weighted by Crippen LogP contribution is -2.62. The number of rotatable bonds is 6. The van der Waals surface area contributed by atoms with E-state index >= 15 is 0 Å². The molecule has 0 aromatic heterocycles. The molecule has 0 radical (unpaired) electrons. The van der Waals surface area contributed by atoms with Gasteiger partial charge in [0.15, 0.2) is 0 Å². The van der Waals surface area contributed by atoms with Crippen molar-refractivity contribution < 1.29 is 0 Å². The normalized spacial score (nSPS) is 18.9. The molecule has 0 aliphatic carbocycles. The van der Waals surface area contributed by atoms with Gasteiger partial charge < -0.3 is 26.8 Å². The van der Waals surface area contributed by atoms with Crippen molar-refractivity contribution in [3.63, 3.8) is 0 Å². The quantitative estimate of drug-likeness (QED) is 0.341. The van der Waals surface area contributed by atoms with Crippen molar-refractivity contribution in [3.05, 3.63) is 52.7 Å². The number of piperidine rings is 1. The number of halogens is 1. The van der Waals surface area contributed by atoms with E-state index in [1.54, 1.807) is 30.4 Å². The van der Waals surface area contributed by atoms with Gasteiger partial charge in [-0.05, 0) is 64.3 Å². The van der Waals surface area contributed by atoms with Gasteiger partial charge in [0.2, 0.25) is 0 Å². The maximum absolute atomic E-state index is 8.48. The van der Waals surface area contributed by atoms with Crippen LogP contribution in [0.2, 0.25) is 5.02 Å². The molecular formula is C23H33ClN6. The van der Waals surface area contributed by atoms with Crippen LogP contribution in [0.4, 0.5) is 0 Å². The Bertz CT molecular complexity index is 881. The summed E-state index contributed by atoms with van der Waals surface area (Å²) in [6.07, 6.45) is 7.65. The summed E-state index contributed by atoms with van der Waals surface area (Å²) in [4.78, 5) is 1.99. The number of allylic oxidation sites excluding steroid dienone is 2. The van der Waals surface area contributed by atoms with Crippen molar-refractivity contribution in [1.82, 2.24) is 10.2 Å². The molecule has 0 spiro atoms. The molecule has 1 aromatic rings. The second-order valence-corrected chi connectivity index (χ2v) is 9.57. The number of nitrogens with zero attached hydrogens (tertiary/aromatic N) is 1.